The first-order valence-electron chi connectivity index (χ1n) is 12.9. The van der Waals surface area contributed by atoms with Gasteiger partial charge in [0.15, 0.2) is 11.5 Å². The molecule has 0 unspecified atom stereocenters. The quantitative estimate of drug-likeness (QED) is 0.0620. The van der Waals surface area contributed by atoms with Crippen LogP contribution in [0.2, 0.25) is 5.02 Å². The third-order valence-electron chi connectivity index (χ3n) is 6.32. The number of benzene rings is 4. The van der Waals surface area contributed by atoms with Crippen LogP contribution in [0.1, 0.15) is 33.3 Å². The van der Waals surface area contributed by atoms with Crippen molar-refractivity contribution in [2.45, 2.75) is 6.92 Å². The first kappa shape index (κ1) is 29.0. The molecule has 0 fully saturated rings. The van der Waals surface area contributed by atoms with E-state index in [1.165, 1.54) is 42.6 Å². The van der Waals surface area contributed by atoms with E-state index in [1.807, 2.05) is 0 Å². The van der Waals surface area contributed by atoms with Crippen LogP contribution in [0.25, 0.3) is 22.0 Å². The first-order chi connectivity index (χ1) is 20.8. The number of nitro groups is 1. The maximum absolute atomic E-state index is 14.6. The highest BCUT2D eigenvalue weighted by molar-refractivity contribution is 6.34. The molecule has 0 radical (unpaired) electrons. The monoisotopic (exact) mass is 600 g/mol. The Bertz CT molecular complexity index is 1890. The summed E-state index contributed by atoms with van der Waals surface area (Å²) in [5, 5.41) is 15.8. The summed E-state index contributed by atoms with van der Waals surface area (Å²) in [6.45, 7) is 2.02. The van der Waals surface area contributed by atoms with Crippen molar-refractivity contribution in [2.75, 3.05) is 6.61 Å². The average molecular weight is 601 g/mol. The van der Waals surface area contributed by atoms with Gasteiger partial charge < -0.3 is 14.5 Å². The number of carbonyl (C=O) groups is 2. The van der Waals surface area contributed by atoms with Gasteiger partial charge in [0, 0.05) is 33.7 Å². The fraction of sp³-hybridized carbons (Fsp3) is 0.0645. The molecular formula is C31H22ClFN4O6. The molecule has 0 atom stereocenters. The number of hydrazone groups is 1. The Morgan fingerprint density at radius 2 is 1.81 bits per heavy atom. The van der Waals surface area contributed by atoms with Gasteiger partial charge in [0.2, 0.25) is 0 Å². The molecular weight excluding hydrogens is 579 g/mol. The summed E-state index contributed by atoms with van der Waals surface area (Å²) in [6.07, 6.45) is 1.36. The smallest absolute Gasteiger partial charge is 0.343 e. The highest BCUT2D eigenvalue weighted by atomic mass is 35.5. The van der Waals surface area contributed by atoms with Crippen LogP contribution in [-0.2, 0) is 0 Å². The molecule has 216 valence electrons. The zero-order chi connectivity index (χ0) is 30.5. The molecule has 1 amide bonds. The second kappa shape index (κ2) is 12.5. The second-order valence-corrected chi connectivity index (χ2v) is 9.46. The number of halogens is 2. The van der Waals surface area contributed by atoms with Crippen LogP contribution >= 0.6 is 11.6 Å². The van der Waals surface area contributed by atoms with E-state index in [9.17, 15) is 24.1 Å². The van der Waals surface area contributed by atoms with Gasteiger partial charge >= 0.3 is 5.97 Å². The van der Waals surface area contributed by atoms with Crippen molar-refractivity contribution in [1.29, 1.82) is 0 Å². The number of nitrogens with one attached hydrogen (secondary N) is 2. The number of nitro benzene ring substituents is 1. The SMILES string of the molecule is CCOc1cc(C=NNC(=O)c2[nH]c3c(F)cccc3c2-c2ccccc2Cl)ccc1OC(=O)c1ccc([N+](=O)[O-])cc1. The molecule has 0 aliphatic heterocycles. The Labute approximate surface area is 248 Å². The van der Waals surface area contributed by atoms with E-state index in [4.69, 9.17) is 21.1 Å². The number of amides is 1. The number of aromatic amines is 1. The molecule has 10 nitrogen and oxygen atoms in total. The van der Waals surface area contributed by atoms with Gasteiger partial charge in [0.05, 0.1) is 28.8 Å². The largest absolute Gasteiger partial charge is 0.490 e. The van der Waals surface area contributed by atoms with Gasteiger partial charge in [-0.05, 0) is 55.0 Å². The van der Waals surface area contributed by atoms with E-state index in [0.717, 1.165) is 0 Å². The Morgan fingerprint density at radius 3 is 2.53 bits per heavy atom. The van der Waals surface area contributed by atoms with Crippen molar-refractivity contribution in [2.24, 2.45) is 5.10 Å². The van der Waals surface area contributed by atoms with Crippen LogP contribution in [0.5, 0.6) is 11.5 Å². The van der Waals surface area contributed by atoms with E-state index in [1.54, 1.807) is 55.5 Å². The van der Waals surface area contributed by atoms with Crippen molar-refractivity contribution < 1.29 is 28.4 Å². The molecule has 1 heterocycles. The number of aromatic nitrogens is 1. The summed E-state index contributed by atoms with van der Waals surface area (Å²) in [5.41, 5.74) is 4.15. The van der Waals surface area contributed by atoms with Crippen LogP contribution in [0.4, 0.5) is 10.1 Å². The lowest BCUT2D eigenvalue weighted by atomic mass is 10.0. The number of hydrogen-bond donors (Lipinski definition) is 2. The van der Waals surface area contributed by atoms with Gasteiger partial charge in [-0.3, -0.25) is 14.9 Å². The number of hydrogen-bond acceptors (Lipinski definition) is 7. The van der Waals surface area contributed by atoms with Gasteiger partial charge in [-0.1, -0.05) is 41.9 Å². The normalized spacial score (nSPS) is 11.0. The van der Waals surface area contributed by atoms with Gasteiger partial charge in [0.1, 0.15) is 11.5 Å². The Kier molecular flexibility index (Phi) is 8.44. The van der Waals surface area contributed by atoms with Crippen molar-refractivity contribution in [3.05, 3.63) is 123 Å². The van der Waals surface area contributed by atoms with E-state index >= 15 is 0 Å². The number of non-ortho nitro benzene ring substituents is 1. The molecule has 1 aromatic heterocycles. The number of H-pyrrole nitrogens is 1. The predicted octanol–water partition coefficient (Wildman–Crippen LogP) is 6.92. The second-order valence-electron chi connectivity index (χ2n) is 9.05. The van der Waals surface area contributed by atoms with Gasteiger partial charge in [-0.15, -0.1) is 0 Å². The van der Waals surface area contributed by atoms with Gasteiger partial charge in [-0.2, -0.15) is 5.10 Å². The number of ether oxygens (including phenoxy) is 2. The zero-order valence-electron chi connectivity index (χ0n) is 22.5. The molecule has 12 heteroatoms. The maximum Gasteiger partial charge on any atom is 0.343 e. The molecule has 4 aromatic carbocycles. The van der Waals surface area contributed by atoms with Crippen LogP contribution in [0.15, 0.2) is 90.0 Å². The molecule has 5 aromatic rings. The maximum atomic E-state index is 14.6. The summed E-state index contributed by atoms with van der Waals surface area (Å²) >= 11 is 6.42. The highest BCUT2D eigenvalue weighted by Crippen LogP contribution is 2.37. The summed E-state index contributed by atoms with van der Waals surface area (Å²) in [6, 6.07) is 21.1. The fourth-order valence-corrected chi connectivity index (χ4v) is 4.58. The van der Waals surface area contributed by atoms with Crippen molar-refractivity contribution in [1.82, 2.24) is 10.4 Å². The Balaban J connectivity index is 1.36. The summed E-state index contributed by atoms with van der Waals surface area (Å²) in [4.78, 5) is 39.0. The lowest BCUT2D eigenvalue weighted by Crippen LogP contribution is -2.19. The minimum Gasteiger partial charge on any atom is -0.490 e. The summed E-state index contributed by atoms with van der Waals surface area (Å²) in [7, 11) is 0. The zero-order valence-corrected chi connectivity index (χ0v) is 23.2. The van der Waals surface area contributed by atoms with E-state index in [0.29, 0.717) is 27.1 Å². The van der Waals surface area contributed by atoms with Crippen LogP contribution < -0.4 is 14.9 Å². The van der Waals surface area contributed by atoms with Crippen molar-refractivity contribution >= 4 is 46.3 Å². The average Bonchev–Trinajstić information content (AvgIpc) is 3.39. The Morgan fingerprint density at radius 1 is 1.05 bits per heavy atom. The van der Waals surface area contributed by atoms with E-state index in [-0.39, 0.29) is 40.6 Å². The number of rotatable bonds is 9. The molecule has 0 saturated heterocycles. The summed E-state index contributed by atoms with van der Waals surface area (Å²) < 4.78 is 25.7. The minimum atomic E-state index is -0.728. The number of fused-ring (bicyclic) bond motifs is 1. The molecule has 2 N–H and O–H groups in total. The third kappa shape index (κ3) is 6.21. The highest BCUT2D eigenvalue weighted by Gasteiger charge is 2.22. The first-order valence-corrected chi connectivity index (χ1v) is 13.3. The molecule has 0 aliphatic carbocycles. The number of esters is 1. The molecule has 0 bridgehead atoms. The van der Waals surface area contributed by atoms with Crippen molar-refractivity contribution in [3.63, 3.8) is 0 Å². The standard InChI is InChI=1S/C31H22ClFN4O6/c1-2-42-26-16-18(10-15-25(26)43-31(39)19-11-13-20(14-12-19)37(40)41)17-34-36-30(38)29-27(21-6-3-4-8-23(21)32)22-7-5-9-24(33)28(22)35-29/h3-17,35H,2H2,1H3,(H,36,38). The molecule has 0 spiro atoms. The lowest BCUT2D eigenvalue weighted by molar-refractivity contribution is -0.384. The van der Waals surface area contributed by atoms with E-state index < -0.39 is 22.6 Å². The summed E-state index contributed by atoms with van der Waals surface area (Å²) in [5.74, 6) is -1.52. The number of para-hydroxylation sites is 1. The number of nitrogens with zero attached hydrogens (tertiary/aromatic N) is 2. The molecule has 0 saturated carbocycles. The lowest BCUT2D eigenvalue weighted by Gasteiger charge is -2.11. The van der Waals surface area contributed by atoms with E-state index in [2.05, 4.69) is 15.5 Å². The fourth-order valence-electron chi connectivity index (χ4n) is 4.35. The molecule has 43 heavy (non-hydrogen) atoms. The topological polar surface area (TPSA) is 136 Å². The van der Waals surface area contributed by atoms with Crippen LogP contribution in [-0.4, -0.2) is 34.6 Å². The van der Waals surface area contributed by atoms with Crippen LogP contribution in [0, 0.1) is 15.9 Å². The Hall–Kier alpha value is -5.55. The van der Waals surface area contributed by atoms with Crippen LogP contribution in [0.3, 0.4) is 0 Å². The van der Waals surface area contributed by atoms with Gasteiger partial charge in [-0.25, -0.2) is 14.6 Å². The molecule has 0 aliphatic rings. The van der Waals surface area contributed by atoms with Gasteiger partial charge in [0.25, 0.3) is 11.6 Å². The third-order valence-corrected chi connectivity index (χ3v) is 6.65. The minimum absolute atomic E-state index is 0.0776. The number of carbonyl (C=O) groups excluding carboxylic acids is 2. The molecule has 5 rings (SSSR count). The van der Waals surface area contributed by atoms with Crippen molar-refractivity contribution in [3.8, 4) is 22.6 Å². The predicted molar refractivity (Wildman–Crippen MR) is 159 cm³/mol.